The molecule has 2 unspecified atom stereocenters. The number of hydrogen-bond donors (Lipinski definition) is 0. The first-order valence-electron chi connectivity index (χ1n) is 8.22. The molecule has 2 aliphatic heterocycles. The number of nitrogens with zero attached hydrogens (tertiary/aromatic N) is 3. The van der Waals surface area contributed by atoms with Crippen molar-refractivity contribution in [2.45, 2.75) is 19.4 Å². The van der Waals surface area contributed by atoms with Crippen LogP contribution in [0.25, 0.3) is 6.08 Å². The van der Waals surface area contributed by atoms with E-state index < -0.39 is 0 Å². The Morgan fingerprint density at radius 3 is 2.72 bits per heavy atom. The summed E-state index contributed by atoms with van der Waals surface area (Å²) in [4.78, 5) is 33.9. The molecule has 1 saturated heterocycles. The molecule has 2 aliphatic rings. The molecule has 126 valence electrons. The van der Waals surface area contributed by atoms with Gasteiger partial charge in [-0.25, -0.2) is 9.79 Å². The number of pyridine rings is 1. The van der Waals surface area contributed by atoms with E-state index in [0.29, 0.717) is 18.3 Å². The van der Waals surface area contributed by atoms with Gasteiger partial charge in [-0.15, -0.1) is 0 Å². The molecular formula is C19H17N3O3. The SMILES string of the molecule is CC1CN(c2ccc(CC3C=c4cnccc4=NC3=O)cc2)C(=O)O1. The van der Waals surface area contributed by atoms with Gasteiger partial charge in [0, 0.05) is 23.3 Å². The van der Waals surface area contributed by atoms with Crippen LogP contribution in [0, 0.1) is 5.92 Å². The molecule has 6 nitrogen and oxygen atoms in total. The van der Waals surface area contributed by atoms with Gasteiger partial charge in [0.2, 0.25) is 0 Å². The highest BCUT2D eigenvalue weighted by molar-refractivity contribution is 5.89. The molecular weight excluding hydrogens is 318 g/mol. The van der Waals surface area contributed by atoms with E-state index in [1.807, 2.05) is 37.3 Å². The van der Waals surface area contributed by atoms with Gasteiger partial charge in [0.15, 0.2) is 0 Å². The van der Waals surface area contributed by atoms with Gasteiger partial charge >= 0.3 is 6.09 Å². The van der Waals surface area contributed by atoms with Crippen LogP contribution in [0.1, 0.15) is 12.5 Å². The number of carbonyl (C=O) groups is 2. The van der Waals surface area contributed by atoms with Crippen molar-refractivity contribution in [1.82, 2.24) is 4.98 Å². The van der Waals surface area contributed by atoms with Crippen molar-refractivity contribution in [1.29, 1.82) is 0 Å². The normalized spacial score (nSPS) is 22.0. The summed E-state index contributed by atoms with van der Waals surface area (Å²) in [7, 11) is 0. The highest BCUT2D eigenvalue weighted by Crippen LogP contribution is 2.23. The topological polar surface area (TPSA) is 71.9 Å². The molecule has 0 saturated carbocycles. The molecule has 1 fully saturated rings. The quantitative estimate of drug-likeness (QED) is 0.846. The molecule has 0 spiro atoms. The zero-order valence-electron chi connectivity index (χ0n) is 13.8. The fourth-order valence-electron chi connectivity index (χ4n) is 3.15. The van der Waals surface area contributed by atoms with Gasteiger partial charge in [0.25, 0.3) is 5.91 Å². The first-order valence-corrected chi connectivity index (χ1v) is 8.22. The highest BCUT2D eigenvalue weighted by atomic mass is 16.6. The molecule has 1 aromatic heterocycles. The van der Waals surface area contributed by atoms with E-state index in [1.165, 1.54) is 0 Å². The Hall–Kier alpha value is -3.02. The largest absolute Gasteiger partial charge is 0.444 e. The van der Waals surface area contributed by atoms with Crippen molar-refractivity contribution in [2.75, 3.05) is 11.4 Å². The molecule has 3 heterocycles. The number of benzene rings is 1. The third-order valence-electron chi connectivity index (χ3n) is 4.42. The Bertz CT molecular complexity index is 953. The van der Waals surface area contributed by atoms with Gasteiger partial charge in [0.05, 0.1) is 17.8 Å². The minimum Gasteiger partial charge on any atom is -0.444 e. The van der Waals surface area contributed by atoms with Crippen LogP contribution in [0.4, 0.5) is 10.5 Å². The van der Waals surface area contributed by atoms with Gasteiger partial charge in [-0.1, -0.05) is 18.2 Å². The monoisotopic (exact) mass is 335 g/mol. The maximum atomic E-state index is 12.2. The number of ether oxygens (including phenoxy) is 1. The number of aromatic nitrogens is 1. The van der Waals surface area contributed by atoms with Crippen molar-refractivity contribution in [3.05, 3.63) is 58.9 Å². The minimum atomic E-state index is -0.320. The molecule has 0 aliphatic carbocycles. The second-order valence-corrected chi connectivity index (χ2v) is 6.33. The number of amides is 2. The second kappa shape index (κ2) is 6.12. The van der Waals surface area contributed by atoms with E-state index in [0.717, 1.165) is 16.5 Å². The third kappa shape index (κ3) is 3.03. The van der Waals surface area contributed by atoms with Gasteiger partial charge in [0.1, 0.15) is 6.10 Å². The maximum absolute atomic E-state index is 12.2. The van der Waals surface area contributed by atoms with Crippen LogP contribution < -0.4 is 15.5 Å². The van der Waals surface area contributed by atoms with E-state index in [-0.39, 0.29) is 24.0 Å². The zero-order chi connectivity index (χ0) is 17.4. The van der Waals surface area contributed by atoms with Crippen molar-refractivity contribution in [3.8, 4) is 0 Å². The van der Waals surface area contributed by atoms with Gasteiger partial charge < -0.3 is 4.74 Å². The lowest BCUT2D eigenvalue weighted by molar-refractivity contribution is -0.120. The summed E-state index contributed by atoms with van der Waals surface area (Å²) in [6.45, 7) is 2.42. The highest BCUT2D eigenvalue weighted by Gasteiger charge is 2.29. The van der Waals surface area contributed by atoms with Crippen LogP contribution in [0.2, 0.25) is 0 Å². The molecule has 2 amide bonds. The average Bonchev–Trinajstić information content (AvgIpc) is 2.94. The third-order valence-corrected chi connectivity index (χ3v) is 4.42. The standard InChI is InChI=1S/C19H17N3O3/c1-12-11-22(19(24)25-12)16-4-2-13(3-5-16)8-14-9-15-10-20-7-6-17(15)21-18(14)23/h2-7,9-10,12,14H,8,11H2,1H3. The summed E-state index contributed by atoms with van der Waals surface area (Å²) in [5.41, 5.74) is 1.82. The minimum absolute atomic E-state index is 0.100. The lowest BCUT2D eigenvalue weighted by Crippen LogP contribution is -2.34. The molecule has 1 aromatic carbocycles. The Balaban J connectivity index is 1.53. The van der Waals surface area contributed by atoms with Crippen molar-refractivity contribution in [2.24, 2.45) is 10.9 Å². The van der Waals surface area contributed by atoms with E-state index >= 15 is 0 Å². The van der Waals surface area contributed by atoms with Gasteiger partial charge in [-0.05, 0) is 37.1 Å². The number of cyclic esters (lactones) is 1. The number of hydrogen-bond acceptors (Lipinski definition) is 4. The fraction of sp³-hybridized carbons (Fsp3) is 0.263. The Labute approximate surface area is 144 Å². The van der Waals surface area contributed by atoms with E-state index in [4.69, 9.17) is 4.74 Å². The van der Waals surface area contributed by atoms with Crippen molar-refractivity contribution >= 4 is 23.8 Å². The van der Waals surface area contributed by atoms with Crippen molar-refractivity contribution < 1.29 is 14.3 Å². The first kappa shape index (κ1) is 15.5. The second-order valence-electron chi connectivity index (χ2n) is 6.33. The first-order chi connectivity index (χ1) is 12.1. The Morgan fingerprint density at radius 1 is 1.20 bits per heavy atom. The lowest BCUT2D eigenvalue weighted by atomic mass is 9.96. The van der Waals surface area contributed by atoms with E-state index in [9.17, 15) is 9.59 Å². The Morgan fingerprint density at radius 2 is 2.00 bits per heavy atom. The summed E-state index contributed by atoms with van der Waals surface area (Å²) in [5.74, 6) is -0.431. The van der Waals surface area contributed by atoms with Crippen LogP contribution in [-0.4, -0.2) is 29.6 Å². The van der Waals surface area contributed by atoms with Crippen LogP contribution in [0.15, 0.2) is 47.7 Å². The van der Waals surface area contributed by atoms with Crippen LogP contribution in [0.5, 0.6) is 0 Å². The van der Waals surface area contributed by atoms with Crippen LogP contribution >= 0.6 is 0 Å². The summed E-state index contributed by atoms with van der Waals surface area (Å²) in [6.07, 6.45) is 5.42. The summed E-state index contributed by atoms with van der Waals surface area (Å²) in [5, 5.41) is 1.56. The summed E-state index contributed by atoms with van der Waals surface area (Å²) < 4.78 is 5.15. The van der Waals surface area contributed by atoms with E-state index in [1.54, 1.807) is 23.4 Å². The van der Waals surface area contributed by atoms with E-state index in [2.05, 4.69) is 9.98 Å². The predicted molar refractivity (Wildman–Crippen MR) is 91.4 cm³/mol. The molecule has 6 heteroatoms. The molecule has 25 heavy (non-hydrogen) atoms. The molecule has 2 aromatic rings. The smallest absolute Gasteiger partial charge is 0.414 e. The molecule has 0 radical (unpaired) electrons. The van der Waals surface area contributed by atoms with Crippen molar-refractivity contribution in [3.63, 3.8) is 0 Å². The van der Waals surface area contributed by atoms with Crippen LogP contribution in [0.3, 0.4) is 0 Å². The number of anilines is 1. The molecule has 0 N–H and O–H groups in total. The predicted octanol–water partition coefficient (Wildman–Crippen LogP) is 1.23. The lowest BCUT2D eigenvalue weighted by Gasteiger charge is -2.15. The molecule has 0 bridgehead atoms. The van der Waals surface area contributed by atoms with Gasteiger partial charge in [-0.2, -0.15) is 0 Å². The number of carbonyl (C=O) groups excluding carboxylic acids is 2. The molecule has 2 atom stereocenters. The van der Waals surface area contributed by atoms with Crippen LogP contribution in [-0.2, 0) is 16.0 Å². The Kier molecular flexibility index (Phi) is 3.80. The maximum Gasteiger partial charge on any atom is 0.414 e. The number of fused-ring (bicyclic) bond motifs is 1. The van der Waals surface area contributed by atoms with Gasteiger partial charge in [-0.3, -0.25) is 14.7 Å². The zero-order valence-corrected chi connectivity index (χ0v) is 13.8. The summed E-state index contributed by atoms with van der Waals surface area (Å²) >= 11 is 0. The number of rotatable bonds is 3. The summed E-state index contributed by atoms with van der Waals surface area (Å²) in [6, 6.07) is 9.38. The fourth-order valence-corrected chi connectivity index (χ4v) is 3.15. The molecule has 4 rings (SSSR count). The average molecular weight is 335 g/mol.